The Balaban J connectivity index is 1.71. The van der Waals surface area contributed by atoms with Crippen molar-refractivity contribution >= 4 is 17.6 Å². The van der Waals surface area contributed by atoms with Crippen molar-refractivity contribution in [2.75, 3.05) is 7.11 Å². The number of nitrogens with one attached hydrogen (secondary N) is 1. The third kappa shape index (κ3) is 2.43. The van der Waals surface area contributed by atoms with Gasteiger partial charge in [0.2, 0.25) is 0 Å². The van der Waals surface area contributed by atoms with Gasteiger partial charge in [-0.3, -0.25) is 4.79 Å². The fourth-order valence-corrected chi connectivity index (χ4v) is 4.16. The van der Waals surface area contributed by atoms with E-state index in [0.29, 0.717) is 17.0 Å². The van der Waals surface area contributed by atoms with Crippen LogP contribution in [0, 0.1) is 16.7 Å². The quantitative estimate of drug-likeness (QED) is 0.683. The number of hydrogen-bond acceptors (Lipinski definition) is 4. The molecule has 5 nitrogen and oxygen atoms in total. The fourth-order valence-electron chi connectivity index (χ4n) is 4.16. The number of esters is 1. The van der Waals surface area contributed by atoms with E-state index in [2.05, 4.69) is 36.0 Å². The van der Waals surface area contributed by atoms with Gasteiger partial charge in [0.25, 0.3) is 5.91 Å². The third-order valence-corrected chi connectivity index (χ3v) is 6.37. The lowest BCUT2D eigenvalue weighted by molar-refractivity contribution is 0.0600. The second kappa shape index (κ2) is 5.72. The van der Waals surface area contributed by atoms with Crippen LogP contribution in [0.15, 0.2) is 29.4 Å². The predicted octanol–water partition coefficient (Wildman–Crippen LogP) is 3.41. The van der Waals surface area contributed by atoms with E-state index in [1.165, 1.54) is 13.5 Å². The van der Waals surface area contributed by atoms with E-state index >= 15 is 0 Å². The molecule has 2 saturated carbocycles. The SMILES string of the molecule is COC(=O)c1ccc(C(=O)N/N=C2/C[C@H]3CC[C@]2(C)C3(C)C)cc1. The minimum absolute atomic E-state index is 0.0691. The Morgan fingerprint density at radius 3 is 2.29 bits per heavy atom. The van der Waals surface area contributed by atoms with Gasteiger partial charge in [0.15, 0.2) is 0 Å². The summed E-state index contributed by atoms with van der Waals surface area (Å²) in [6.45, 7) is 6.87. The number of carbonyl (C=O) groups is 2. The summed E-state index contributed by atoms with van der Waals surface area (Å²) in [4.78, 5) is 23.7. The second-order valence-electron chi connectivity index (χ2n) is 7.56. The zero-order valence-corrected chi connectivity index (χ0v) is 14.7. The largest absolute Gasteiger partial charge is 0.465 e. The normalized spacial score (nSPS) is 28.8. The Bertz CT molecular complexity index is 706. The van der Waals surface area contributed by atoms with Crippen LogP contribution < -0.4 is 5.43 Å². The molecule has 0 aliphatic heterocycles. The maximum atomic E-state index is 12.3. The number of amides is 1. The van der Waals surface area contributed by atoms with E-state index in [4.69, 9.17) is 0 Å². The number of methoxy groups -OCH3 is 1. The molecule has 0 saturated heterocycles. The first-order valence-corrected chi connectivity index (χ1v) is 8.35. The Morgan fingerprint density at radius 1 is 1.17 bits per heavy atom. The minimum Gasteiger partial charge on any atom is -0.465 e. The van der Waals surface area contributed by atoms with Crippen LogP contribution in [0.2, 0.25) is 0 Å². The van der Waals surface area contributed by atoms with Crippen LogP contribution >= 0.6 is 0 Å². The van der Waals surface area contributed by atoms with Crippen LogP contribution in [0.5, 0.6) is 0 Å². The highest BCUT2D eigenvalue weighted by atomic mass is 16.5. The summed E-state index contributed by atoms with van der Waals surface area (Å²) in [5.41, 5.74) is 4.98. The summed E-state index contributed by atoms with van der Waals surface area (Å²) in [6.07, 6.45) is 3.34. The maximum absolute atomic E-state index is 12.3. The third-order valence-electron chi connectivity index (χ3n) is 6.37. The van der Waals surface area contributed by atoms with Gasteiger partial charge in [-0.1, -0.05) is 20.8 Å². The molecule has 1 N–H and O–H groups in total. The van der Waals surface area contributed by atoms with Crippen LogP contribution in [0.1, 0.15) is 60.7 Å². The number of benzene rings is 1. The predicted molar refractivity (Wildman–Crippen MR) is 91.9 cm³/mol. The molecule has 2 aliphatic rings. The number of hydrogen-bond donors (Lipinski definition) is 1. The Morgan fingerprint density at radius 2 is 1.79 bits per heavy atom. The summed E-state index contributed by atoms with van der Waals surface area (Å²) in [6, 6.07) is 6.37. The van der Waals surface area contributed by atoms with Crippen LogP contribution in [0.25, 0.3) is 0 Å². The highest BCUT2D eigenvalue weighted by Crippen LogP contribution is 2.63. The molecule has 1 aromatic rings. The van der Waals surface area contributed by atoms with Gasteiger partial charge in [-0.15, -0.1) is 0 Å². The van der Waals surface area contributed by atoms with Crippen molar-refractivity contribution in [1.29, 1.82) is 0 Å². The standard InChI is InChI=1S/C19H24N2O3/c1-18(2)14-9-10-19(18,3)15(11-14)20-21-16(22)12-5-7-13(8-6-12)17(23)24-4/h5-8,14H,9-11H2,1-4H3,(H,21,22)/b20-15-/t14-,19+/m1/s1. The second-order valence-corrected chi connectivity index (χ2v) is 7.56. The molecule has 1 aromatic carbocycles. The number of hydrazone groups is 1. The first-order chi connectivity index (χ1) is 11.3. The Kier molecular flexibility index (Phi) is 3.98. The van der Waals surface area contributed by atoms with Crippen molar-refractivity contribution in [2.45, 2.75) is 40.0 Å². The van der Waals surface area contributed by atoms with Gasteiger partial charge >= 0.3 is 5.97 Å². The van der Waals surface area contributed by atoms with E-state index in [-0.39, 0.29) is 16.7 Å². The summed E-state index contributed by atoms with van der Waals surface area (Å²) in [7, 11) is 1.33. The van der Waals surface area contributed by atoms with E-state index < -0.39 is 5.97 Å². The minimum atomic E-state index is -0.417. The lowest BCUT2D eigenvalue weighted by atomic mass is 9.70. The molecule has 0 spiro atoms. The van der Waals surface area contributed by atoms with Crippen LogP contribution in [-0.4, -0.2) is 24.7 Å². The van der Waals surface area contributed by atoms with Crippen molar-refractivity contribution < 1.29 is 14.3 Å². The van der Waals surface area contributed by atoms with Gasteiger partial charge in [0, 0.05) is 16.7 Å². The molecule has 0 heterocycles. The molecule has 2 fully saturated rings. The Labute approximate surface area is 142 Å². The van der Waals surface area contributed by atoms with Crippen molar-refractivity contribution in [3.63, 3.8) is 0 Å². The summed E-state index contributed by atoms with van der Waals surface area (Å²) < 4.78 is 4.65. The lowest BCUT2D eigenvalue weighted by Crippen LogP contribution is -2.34. The molecule has 2 atom stereocenters. The van der Waals surface area contributed by atoms with Gasteiger partial charge in [-0.25, -0.2) is 10.2 Å². The maximum Gasteiger partial charge on any atom is 0.337 e. The van der Waals surface area contributed by atoms with Gasteiger partial charge < -0.3 is 4.74 Å². The summed E-state index contributed by atoms with van der Waals surface area (Å²) >= 11 is 0. The van der Waals surface area contributed by atoms with Crippen LogP contribution in [0.3, 0.4) is 0 Å². The molecule has 2 bridgehead atoms. The van der Waals surface area contributed by atoms with Gasteiger partial charge in [-0.2, -0.15) is 5.10 Å². The first-order valence-electron chi connectivity index (χ1n) is 8.35. The number of rotatable bonds is 3. The highest BCUT2D eigenvalue weighted by Gasteiger charge is 2.60. The summed E-state index contributed by atoms with van der Waals surface area (Å²) in [5, 5.41) is 4.45. The molecule has 5 heteroatoms. The van der Waals surface area contributed by atoms with Crippen molar-refractivity contribution in [1.82, 2.24) is 5.43 Å². The van der Waals surface area contributed by atoms with Crippen molar-refractivity contribution in [3.05, 3.63) is 35.4 Å². The highest BCUT2D eigenvalue weighted by molar-refractivity contribution is 5.99. The first kappa shape index (κ1) is 16.7. The molecule has 2 aliphatic carbocycles. The van der Waals surface area contributed by atoms with E-state index in [1.807, 2.05) is 0 Å². The molecule has 1 amide bonds. The molecule has 0 radical (unpaired) electrons. The molecule has 128 valence electrons. The van der Waals surface area contributed by atoms with Crippen molar-refractivity contribution in [3.8, 4) is 0 Å². The number of carbonyl (C=O) groups excluding carboxylic acids is 2. The average molecular weight is 328 g/mol. The number of nitrogens with zero attached hydrogens (tertiary/aromatic N) is 1. The van der Waals surface area contributed by atoms with Crippen LogP contribution in [0.4, 0.5) is 0 Å². The average Bonchev–Trinajstić information content (AvgIpc) is 2.92. The summed E-state index contributed by atoms with van der Waals surface area (Å²) in [5.74, 6) is -0.0278. The molecule has 0 unspecified atom stereocenters. The smallest absolute Gasteiger partial charge is 0.337 e. The van der Waals surface area contributed by atoms with E-state index in [0.717, 1.165) is 18.6 Å². The molecule has 24 heavy (non-hydrogen) atoms. The van der Waals surface area contributed by atoms with Crippen molar-refractivity contribution in [2.24, 2.45) is 21.8 Å². The molecular weight excluding hydrogens is 304 g/mol. The van der Waals surface area contributed by atoms with Gasteiger partial charge in [0.1, 0.15) is 0 Å². The number of ether oxygens (including phenoxy) is 1. The number of fused-ring (bicyclic) bond motifs is 2. The van der Waals surface area contributed by atoms with Gasteiger partial charge in [0.05, 0.1) is 12.7 Å². The van der Waals surface area contributed by atoms with Gasteiger partial charge in [-0.05, 0) is 54.9 Å². The monoisotopic (exact) mass is 328 g/mol. The molecular formula is C19H24N2O3. The molecule has 0 aromatic heterocycles. The van der Waals surface area contributed by atoms with E-state index in [9.17, 15) is 9.59 Å². The Hall–Kier alpha value is -2.17. The fraction of sp³-hybridized carbons (Fsp3) is 0.526. The van der Waals surface area contributed by atoms with Crippen LogP contribution in [-0.2, 0) is 4.74 Å². The van der Waals surface area contributed by atoms with E-state index in [1.54, 1.807) is 24.3 Å². The molecule has 3 rings (SSSR count). The topological polar surface area (TPSA) is 67.8 Å². The zero-order chi connectivity index (χ0) is 17.5. The lowest BCUT2D eigenvalue weighted by Gasteiger charge is -2.34. The zero-order valence-electron chi connectivity index (χ0n) is 14.7.